The number of carbonyl (C=O) groups excluding carboxylic acids is 1. The Labute approximate surface area is 164 Å². The highest BCUT2D eigenvalue weighted by Gasteiger charge is 2.32. The van der Waals surface area contributed by atoms with E-state index in [9.17, 15) is 18.0 Å². The Kier molecular flexibility index (Phi) is 4.73. The number of aromatic nitrogens is 3. The Balaban J connectivity index is 1.54. The molecule has 1 amide bonds. The van der Waals surface area contributed by atoms with Crippen molar-refractivity contribution < 1.29 is 18.0 Å². The number of aryl methyl sites for hydroxylation is 2. The summed E-state index contributed by atoms with van der Waals surface area (Å²) in [6.45, 7) is 0.825. The SMILES string of the molecule is Nc1ccc(CCc2cnn3c2C(=O)N(c2ccc(C(F)(F)F)cc2)CC3)cn1. The zero-order valence-electron chi connectivity index (χ0n) is 15.4. The van der Waals surface area contributed by atoms with Gasteiger partial charge in [0.1, 0.15) is 11.5 Å². The highest BCUT2D eigenvalue weighted by Crippen LogP contribution is 2.31. The number of benzene rings is 1. The average molecular weight is 401 g/mol. The number of carbonyl (C=O) groups is 1. The van der Waals surface area contributed by atoms with E-state index in [2.05, 4.69) is 10.1 Å². The number of nitrogens with two attached hydrogens (primary N) is 1. The lowest BCUT2D eigenvalue weighted by molar-refractivity contribution is -0.137. The molecular formula is C20H18F3N5O. The molecular weight excluding hydrogens is 383 g/mol. The Morgan fingerprint density at radius 1 is 1.00 bits per heavy atom. The summed E-state index contributed by atoms with van der Waals surface area (Å²) in [6, 6.07) is 8.24. The highest BCUT2D eigenvalue weighted by atomic mass is 19.4. The normalized spacial score (nSPS) is 14.2. The molecule has 150 valence electrons. The minimum absolute atomic E-state index is 0.265. The number of hydrogen-bond donors (Lipinski definition) is 1. The van der Waals surface area contributed by atoms with E-state index in [0.717, 1.165) is 23.3 Å². The summed E-state index contributed by atoms with van der Waals surface area (Å²) in [5, 5.41) is 4.29. The summed E-state index contributed by atoms with van der Waals surface area (Å²) in [5.41, 5.74) is 7.54. The van der Waals surface area contributed by atoms with Gasteiger partial charge in [0, 0.05) is 24.0 Å². The maximum Gasteiger partial charge on any atom is 0.416 e. The summed E-state index contributed by atoms with van der Waals surface area (Å²) < 4.78 is 40.0. The zero-order valence-corrected chi connectivity index (χ0v) is 15.4. The molecule has 0 fully saturated rings. The van der Waals surface area contributed by atoms with Crippen LogP contribution in [0.15, 0.2) is 48.8 Å². The summed E-state index contributed by atoms with van der Waals surface area (Å²) in [7, 11) is 0. The van der Waals surface area contributed by atoms with Gasteiger partial charge in [-0.2, -0.15) is 18.3 Å². The number of amides is 1. The number of anilines is 2. The van der Waals surface area contributed by atoms with E-state index in [1.54, 1.807) is 23.1 Å². The monoisotopic (exact) mass is 401 g/mol. The Morgan fingerprint density at radius 2 is 1.76 bits per heavy atom. The topological polar surface area (TPSA) is 77.0 Å². The molecule has 0 aliphatic carbocycles. The molecule has 0 atom stereocenters. The van der Waals surface area contributed by atoms with Crippen molar-refractivity contribution in [1.29, 1.82) is 0 Å². The van der Waals surface area contributed by atoms with Gasteiger partial charge in [0.2, 0.25) is 0 Å². The van der Waals surface area contributed by atoms with Crippen LogP contribution in [0.3, 0.4) is 0 Å². The molecule has 2 aromatic heterocycles. The Bertz CT molecular complexity index is 1030. The van der Waals surface area contributed by atoms with Gasteiger partial charge in [0.15, 0.2) is 0 Å². The maximum atomic E-state index is 13.1. The van der Waals surface area contributed by atoms with Gasteiger partial charge in [-0.15, -0.1) is 0 Å². The number of nitrogens with zero attached hydrogens (tertiary/aromatic N) is 4. The number of hydrogen-bond acceptors (Lipinski definition) is 4. The summed E-state index contributed by atoms with van der Waals surface area (Å²) in [5.74, 6) is 0.179. The smallest absolute Gasteiger partial charge is 0.384 e. The Morgan fingerprint density at radius 3 is 2.41 bits per heavy atom. The number of fused-ring (bicyclic) bond motifs is 1. The van der Waals surface area contributed by atoms with E-state index in [-0.39, 0.29) is 5.91 Å². The minimum atomic E-state index is -4.41. The molecule has 6 nitrogen and oxygen atoms in total. The van der Waals surface area contributed by atoms with E-state index >= 15 is 0 Å². The van der Waals surface area contributed by atoms with E-state index in [1.807, 2.05) is 6.07 Å². The summed E-state index contributed by atoms with van der Waals surface area (Å²) >= 11 is 0. The van der Waals surface area contributed by atoms with Gasteiger partial charge < -0.3 is 10.6 Å². The van der Waals surface area contributed by atoms with Crippen molar-refractivity contribution in [2.75, 3.05) is 17.2 Å². The van der Waals surface area contributed by atoms with E-state index in [1.165, 1.54) is 17.0 Å². The second kappa shape index (κ2) is 7.23. The van der Waals surface area contributed by atoms with Gasteiger partial charge in [-0.1, -0.05) is 6.07 Å². The van der Waals surface area contributed by atoms with Crippen LogP contribution in [-0.4, -0.2) is 27.2 Å². The van der Waals surface area contributed by atoms with Crippen molar-refractivity contribution in [3.8, 4) is 0 Å². The highest BCUT2D eigenvalue weighted by molar-refractivity contribution is 6.06. The molecule has 0 bridgehead atoms. The quantitative estimate of drug-likeness (QED) is 0.728. The first-order valence-corrected chi connectivity index (χ1v) is 9.07. The summed E-state index contributed by atoms with van der Waals surface area (Å²) in [6.07, 6.45) is 0.218. The first-order chi connectivity index (χ1) is 13.8. The van der Waals surface area contributed by atoms with E-state index in [4.69, 9.17) is 5.73 Å². The fourth-order valence-corrected chi connectivity index (χ4v) is 3.39. The fourth-order valence-electron chi connectivity index (χ4n) is 3.39. The van der Waals surface area contributed by atoms with Crippen LogP contribution in [0, 0.1) is 0 Å². The largest absolute Gasteiger partial charge is 0.416 e. The third-order valence-corrected chi connectivity index (χ3v) is 4.94. The van der Waals surface area contributed by atoms with Gasteiger partial charge >= 0.3 is 6.18 Å². The first-order valence-electron chi connectivity index (χ1n) is 9.07. The van der Waals surface area contributed by atoms with Crippen LogP contribution < -0.4 is 10.6 Å². The second-order valence-corrected chi connectivity index (χ2v) is 6.83. The molecule has 0 saturated heterocycles. The van der Waals surface area contributed by atoms with Crippen molar-refractivity contribution in [2.45, 2.75) is 25.6 Å². The van der Waals surface area contributed by atoms with E-state index < -0.39 is 11.7 Å². The van der Waals surface area contributed by atoms with Gasteiger partial charge in [0.25, 0.3) is 5.91 Å². The molecule has 29 heavy (non-hydrogen) atoms. The number of pyridine rings is 1. The molecule has 1 aliphatic heterocycles. The molecule has 1 aliphatic rings. The van der Waals surface area contributed by atoms with Gasteiger partial charge in [-0.3, -0.25) is 9.48 Å². The van der Waals surface area contributed by atoms with E-state index in [0.29, 0.717) is 43.1 Å². The third kappa shape index (κ3) is 3.80. The molecule has 1 aromatic carbocycles. The predicted octanol–water partition coefficient (Wildman–Crippen LogP) is 3.32. The molecule has 3 aromatic rings. The van der Waals surface area contributed by atoms with Crippen LogP contribution in [0.2, 0.25) is 0 Å². The van der Waals surface area contributed by atoms with Crippen LogP contribution in [0.5, 0.6) is 0 Å². The van der Waals surface area contributed by atoms with Crippen molar-refractivity contribution in [3.05, 3.63) is 71.2 Å². The molecule has 0 unspecified atom stereocenters. The first kappa shape index (κ1) is 19.0. The predicted molar refractivity (Wildman–Crippen MR) is 101 cm³/mol. The van der Waals surface area contributed by atoms with Crippen molar-refractivity contribution in [1.82, 2.24) is 14.8 Å². The average Bonchev–Trinajstić information content (AvgIpc) is 3.11. The van der Waals surface area contributed by atoms with Crippen molar-refractivity contribution >= 4 is 17.4 Å². The molecule has 2 N–H and O–H groups in total. The lowest BCUT2D eigenvalue weighted by Crippen LogP contribution is -2.41. The van der Waals surface area contributed by atoms with Crippen LogP contribution >= 0.6 is 0 Å². The van der Waals surface area contributed by atoms with Gasteiger partial charge in [-0.05, 0) is 48.7 Å². The molecule has 3 heterocycles. The van der Waals surface area contributed by atoms with Gasteiger partial charge in [0.05, 0.1) is 18.3 Å². The molecule has 4 rings (SSSR count). The second-order valence-electron chi connectivity index (χ2n) is 6.83. The van der Waals surface area contributed by atoms with Crippen molar-refractivity contribution in [3.63, 3.8) is 0 Å². The minimum Gasteiger partial charge on any atom is -0.384 e. The fraction of sp³-hybridized carbons (Fsp3) is 0.250. The Hall–Kier alpha value is -3.36. The van der Waals surface area contributed by atoms with Crippen molar-refractivity contribution in [2.24, 2.45) is 0 Å². The van der Waals surface area contributed by atoms with Gasteiger partial charge in [-0.25, -0.2) is 4.98 Å². The molecule has 0 saturated carbocycles. The van der Waals surface area contributed by atoms with Crippen LogP contribution in [-0.2, 0) is 25.6 Å². The number of halogens is 3. The van der Waals surface area contributed by atoms with Crippen LogP contribution in [0.1, 0.15) is 27.2 Å². The zero-order chi connectivity index (χ0) is 20.6. The summed E-state index contributed by atoms with van der Waals surface area (Å²) in [4.78, 5) is 18.6. The molecule has 9 heteroatoms. The number of rotatable bonds is 4. The molecule has 0 radical (unpaired) electrons. The molecule has 0 spiro atoms. The van der Waals surface area contributed by atoms with Crippen LogP contribution in [0.25, 0.3) is 0 Å². The third-order valence-electron chi connectivity index (χ3n) is 4.94. The number of alkyl halides is 3. The number of nitrogen functional groups attached to an aromatic ring is 1. The lowest BCUT2D eigenvalue weighted by atomic mass is 10.0. The standard InChI is InChI=1S/C20H18F3N5O/c21-20(22,23)15-4-6-16(7-5-15)27-9-10-28-18(19(27)29)14(12-26-28)3-1-13-2-8-17(24)25-11-13/h2,4-8,11-12H,1,3,9-10H2,(H2,24,25). The van der Waals surface area contributed by atoms with Crippen LogP contribution in [0.4, 0.5) is 24.7 Å². The maximum absolute atomic E-state index is 13.1. The lowest BCUT2D eigenvalue weighted by Gasteiger charge is -2.28.